The minimum atomic E-state index is -0.792. The third-order valence-electron chi connectivity index (χ3n) is 8.21. The summed E-state index contributed by atoms with van der Waals surface area (Å²) in [6, 6.07) is 20.8. The molecule has 2 unspecified atom stereocenters. The summed E-state index contributed by atoms with van der Waals surface area (Å²) in [5, 5.41) is 12.0. The molecular formula is C33H32N4O6S2. The molecule has 3 aromatic carbocycles. The van der Waals surface area contributed by atoms with Crippen molar-refractivity contribution in [2.24, 2.45) is 5.92 Å². The number of amides is 3. The number of methoxy groups -OCH3 is 1. The molecule has 4 aromatic rings. The number of aromatic nitrogens is 1. The lowest BCUT2D eigenvalue weighted by atomic mass is 9.83. The molecule has 2 aliphatic heterocycles. The van der Waals surface area contributed by atoms with Gasteiger partial charge in [-0.3, -0.25) is 23.7 Å². The maximum atomic E-state index is 14.2. The van der Waals surface area contributed by atoms with E-state index in [9.17, 15) is 24.3 Å². The van der Waals surface area contributed by atoms with Gasteiger partial charge < -0.3 is 20.1 Å². The third-order valence-corrected chi connectivity index (χ3v) is 10.8. The fourth-order valence-corrected chi connectivity index (χ4v) is 8.74. The summed E-state index contributed by atoms with van der Waals surface area (Å²) in [6.45, 7) is 5.58. The lowest BCUT2D eigenvalue weighted by molar-refractivity contribution is -0.122. The van der Waals surface area contributed by atoms with Crippen LogP contribution in [-0.2, 0) is 20.9 Å². The zero-order chi connectivity index (χ0) is 31.8. The van der Waals surface area contributed by atoms with E-state index in [1.807, 2.05) is 24.3 Å². The number of nitrogens with zero attached hydrogens (tertiary/aromatic N) is 3. The van der Waals surface area contributed by atoms with Gasteiger partial charge in [0, 0.05) is 35.3 Å². The average molecular weight is 645 g/mol. The SMILES string of the molecule is CCN(CC)c1ccc([C@H]2c3sc(=O)n(CC(=O)Nc4ccc(O)cc4)c3SC3C(=O)N(c4ccc(OC)cc4)C(=O)C32)cc1. The first-order chi connectivity index (χ1) is 21.7. The van der Waals surface area contributed by atoms with Crippen molar-refractivity contribution in [2.75, 3.05) is 35.3 Å². The summed E-state index contributed by atoms with van der Waals surface area (Å²) >= 11 is 2.18. The lowest BCUT2D eigenvalue weighted by Gasteiger charge is -2.31. The molecule has 3 heterocycles. The van der Waals surface area contributed by atoms with Gasteiger partial charge >= 0.3 is 4.87 Å². The highest BCUT2D eigenvalue weighted by atomic mass is 32.2. The van der Waals surface area contributed by atoms with Crippen LogP contribution in [0.15, 0.2) is 82.6 Å². The van der Waals surface area contributed by atoms with Crippen LogP contribution < -0.4 is 24.7 Å². The van der Waals surface area contributed by atoms with Gasteiger partial charge in [0.2, 0.25) is 17.7 Å². The predicted molar refractivity (Wildman–Crippen MR) is 176 cm³/mol. The maximum absolute atomic E-state index is 14.2. The van der Waals surface area contributed by atoms with Crippen LogP contribution in [0, 0.1) is 5.92 Å². The number of hydrogen-bond acceptors (Lipinski definition) is 9. The summed E-state index contributed by atoms with van der Waals surface area (Å²) in [4.78, 5) is 58.4. The van der Waals surface area contributed by atoms with E-state index in [1.54, 1.807) is 43.5 Å². The second-order valence-electron chi connectivity index (χ2n) is 10.7. The number of phenolic OH excluding ortho intramolecular Hbond substituents is 1. The Labute approximate surface area is 268 Å². The van der Waals surface area contributed by atoms with Gasteiger partial charge in [-0.1, -0.05) is 35.2 Å². The zero-order valence-electron chi connectivity index (χ0n) is 24.9. The number of fused-ring (bicyclic) bond motifs is 2. The van der Waals surface area contributed by atoms with Crippen molar-refractivity contribution in [2.45, 2.75) is 36.6 Å². The Balaban J connectivity index is 1.40. The molecule has 2 aliphatic rings. The highest BCUT2D eigenvalue weighted by Gasteiger charge is 2.56. The highest BCUT2D eigenvalue weighted by molar-refractivity contribution is 8.00. The number of rotatable bonds is 9. The largest absolute Gasteiger partial charge is 0.508 e. The quantitative estimate of drug-likeness (QED) is 0.195. The molecule has 6 rings (SSSR count). The van der Waals surface area contributed by atoms with Crippen molar-refractivity contribution < 1.29 is 24.2 Å². The van der Waals surface area contributed by atoms with Gasteiger partial charge in [0.25, 0.3) is 0 Å². The fourth-order valence-electron chi connectivity index (χ4n) is 5.97. The van der Waals surface area contributed by atoms with Crippen molar-refractivity contribution in [3.05, 3.63) is 92.9 Å². The predicted octanol–water partition coefficient (Wildman–Crippen LogP) is 4.90. The summed E-state index contributed by atoms with van der Waals surface area (Å²) in [5.74, 6) is -1.76. The molecule has 232 valence electrons. The molecular weight excluding hydrogens is 613 g/mol. The smallest absolute Gasteiger partial charge is 0.308 e. The molecule has 1 aromatic heterocycles. The molecule has 10 nitrogen and oxygen atoms in total. The van der Waals surface area contributed by atoms with E-state index in [1.165, 1.54) is 33.4 Å². The minimum absolute atomic E-state index is 0.0673. The standard InChI is InChI=1S/C33H32N4O6S2/c1-4-35(5-2)21-10-6-19(7-11-21)26-27-28(31(41)37(30(27)40)22-12-16-24(43-3)17-13-22)44-32-29(26)45-33(42)36(32)18-25(39)34-20-8-14-23(38)15-9-20/h6-17,26-28,38H,4-5,18H2,1-3H3,(H,34,39)/t26-,27?,28?/m1/s1. The zero-order valence-corrected chi connectivity index (χ0v) is 26.6. The average Bonchev–Trinajstić information content (AvgIpc) is 3.49. The van der Waals surface area contributed by atoms with Crippen LogP contribution in [0.5, 0.6) is 11.5 Å². The van der Waals surface area contributed by atoms with Gasteiger partial charge in [-0.15, -0.1) is 0 Å². The van der Waals surface area contributed by atoms with Crippen molar-refractivity contribution in [3.8, 4) is 11.5 Å². The molecule has 1 saturated heterocycles. The van der Waals surface area contributed by atoms with Gasteiger partial charge in [0.05, 0.1) is 23.7 Å². The third kappa shape index (κ3) is 5.59. The van der Waals surface area contributed by atoms with Crippen LogP contribution in [0.1, 0.15) is 30.2 Å². The second kappa shape index (κ2) is 12.4. The van der Waals surface area contributed by atoms with Gasteiger partial charge in [0.1, 0.15) is 23.3 Å². The minimum Gasteiger partial charge on any atom is -0.508 e. The Morgan fingerprint density at radius 2 is 1.60 bits per heavy atom. The van der Waals surface area contributed by atoms with Crippen LogP contribution in [0.25, 0.3) is 0 Å². The van der Waals surface area contributed by atoms with E-state index in [-0.39, 0.29) is 29.0 Å². The Morgan fingerprint density at radius 3 is 2.22 bits per heavy atom. The monoisotopic (exact) mass is 644 g/mol. The van der Waals surface area contributed by atoms with Crippen molar-refractivity contribution >= 4 is 57.9 Å². The van der Waals surface area contributed by atoms with Gasteiger partial charge in [0.15, 0.2) is 0 Å². The Bertz CT molecular complexity index is 1800. The topological polar surface area (TPSA) is 121 Å². The van der Waals surface area contributed by atoms with Crippen LogP contribution in [0.3, 0.4) is 0 Å². The molecule has 2 N–H and O–H groups in total. The van der Waals surface area contributed by atoms with Crippen LogP contribution in [0.4, 0.5) is 17.1 Å². The molecule has 3 atom stereocenters. The number of thioether (sulfide) groups is 1. The number of hydrogen-bond donors (Lipinski definition) is 2. The molecule has 0 saturated carbocycles. The highest BCUT2D eigenvalue weighted by Crippen LogP contribution is 2.54. The molecule has 3 amide bonds. The summed E-state index contributed by atoms with van der Waals surface area (Å²) in [6.07, 6.45) is 0. The number of phenols is 1. The van der Waals surface area contributed by atoms with Gasteiger partial charge in [-0.05, 0) is 80.1 Å². The Hall–Kier alpha value is -4.55. The number of carbonyl (C=O) groups is 3. The number of carbonyl (C=O) groups excluding carboxylic acids is 3. The summed E-state index contributed by atoms with van der Waals surface area (Å²) in [5.41, 5.74) is 2.78. The first-order valence-corrected chi connectivity index (χ1v) is 16.3. The molecule has 0 aliphatic carbocycles. The number of imide groups is 1. The molecule has 0 radical (unpaired) electrons. The fraction of sp³-hybridized carbons (Fsp3) is 0.273. The number of ether oxygens (including phenoxy) is 1. The first-order valence-electron chi connectivity index (χ1n) is 14.6. The molecule has 0 spiro atoms. The van der Waals surface area contributed by atoms with E-state index in [0.29, 0.717) is 27.0 Å². The summed E-state index contributed by atoms with van der Waals surface area (Å²) < 4.78 is 6.65. The van der Waals surface area contributed by atoms with Gasteiger partial charge in [-0.2, -0.15) is 0 Å². The van der Waals surface area contributed by atoms with E-state index in [0.717, 1.165) is 35.7 Å². The van der Waals surface area contributed by atoms with Crippen LogP contribution in [0.2, 0.25) is 0 Å². The molecule has 0 bridgehead atoms. The normalized spacial score (nSPS) is 18.8. The number of nitrogens with one attached hydrogen (secondary N) is 1. The van der Waals surface area contributed by atoms with Crippen LogP contribution >= 0.6 is 23.1 Å². The number of aromatic hydroxyl groups is 1. The van der Waals surface area contributed by atoms with Crippen LogP contribution in [-0.4, -0.2) is 52.8 Å². The summed E-state index contributed by atoms with van der Waals surface area (Å²) in [7, 11) is 1.55. The lowest BCUT2D eigenvalue weighted by Crippen LogP contribution is -2.33. The van der Waals surface area contributed by atoms with Crippen molar-refractivity contribution in [1.82, 2.24) is 4.57 Å². The Morgan fingerprint density at radius 1 is 0.933 bits per heavy atom. The molecule has 12 heteroatoms. The second-order valence-corrected chi connectivity index (χ2v) is 12.9. The first kappa shape index (κ1) is 30.5. The van der Waals surface area contributed by atoms with E-state index in [2.05, 4.69) is 24.1 Å². The number of benzene rings is 3. The number of thiazole rings is 1. The van der Waals surface area contributed by atoms with Crippen molar-refractivity contribution in [3.63, 3.8) is 0 Å². The number of anilines is 3. The van der Waals surface area contributed by atoms with E-state index >= 15 is 0 Å². The van der Waals surface area contributed by atoms with Crippen molar-refractivity contribution in [1.29, 1.82) is 0 Å². The molecule has 45 heavy (non-hydrogen) atoms. The maximum Gasteiger partial charge on any atom is 0.308 e. The van der Waals surface area contributed by atoms with Gasteiger partial charge in [-0.25, -0.2) is 4.90 Å². The Kier molecular flexibility index (Phi) is 8.43. The van der Waals surface area contributed by atoms with E-state index in [4.69, 9.17) is 4.74 Å². The van der Waals surface area contributed by atoms with E-state index < -0.39 is 23.0 Å². The molecule has 1 fully saturated rings.